The quantitative estimate of drug-likeness (QED) is 0.296. The summed E-state index contributed by atoms with van der Waals surface area (Å²) < 4.78 is 10.5. The monoisotopic (exact) mass is 559 g/mol. The number of carbonyl (C=O) groups is 2. The lowest BCUT2D eigenvalue weighted by atomic mass is 9.82. The highest BCUT2D eigenvalue weighted by Crippen LogP contribution is 2.43. The van der Waals surface area contributed by atoms with E-state index in [-0.39, 0.29) is 11.5 Å². The van der Waals surface area contributed by atoms with Crippen LogP contribution in [0.25, 0.3) is 0 Å². The molecule has 1 atom stereocenters. The number of nitrogens with one attached hydrogen (secondary N) is 2. The van der Waals surface area contributed by atoms with Crippen molar-refractivity contribution in [1.29, 1.82) is 5.26 Å². The molecule has 1 aliphatic rings. The van der Waals surface area contributed by atoms with Crippen LogP contribution in [-0.4, -0.2) is 31.7 Å². The minimum Gasteiger partial charge on any atom is -0.497 e. The maximum atomic E-state index is 13.7. The van der Waals surface area contributed by atoms with Gasteiger partial charge < -0.3 is 20.1 Å². The van der Waals surface area contributed by atoms with Gasteiger partial charge in [-0.05, 0) is 55.0 Å². The number of carbonyl (C=O) groups excluding carboxylic acids is 2. The van der Waals surface area contributed by atoms with Gasteiger partial charge in [-0.3, -0.25) is 9.59 Å². The van der Waals surface area contributed by atoms with E-state index >= 15 is 0 Å². The van der Waals surface area contributed by atoms with Crippen LogP contribution in [0.3, 0.4) is 0 Å². The van der Waals surface area contributed by atoms with Crippen LogP contribution in [-0.2, 0) is 4.79 Å². The summed E-state index contributed by atoms with van der Waals surface area (Å²) in [7, 11) is 3.09. The van der Waals surface area contributed by atoms with E-state index < -0.39 is 11.8 Å². The van der Waals surface area contributed by atoms with Crippen LogP contribution in [0.4, 0.5) is 5.69 Å². The number of hydrogen-bond donors (Lipinski definition) is 2. The van der Waals surface area contributed by atoms with Crippen LogP contribution in [0.2, 0.25) is 5.02 Å². The third kappa shape index (κ3) is 6.11. The second-order valence-corrected chi connectivity index (χ2v) is 9.96. The Morgan fingerprint density at radius 2 is 1.72 bits per heavy atom. The number of thioether (sulfide) groups is 1. The Balaban J connectivity index is 1.69. The van der Waals surface area contributed by atoms with Gasteiger partial charge in [0.25, 0.3) is 5.91 Å². The number of Topliss-reactive ketones (excluding diaryl/α,β-unsaturated/α-hetero) is 1. The summed E-state index contributed by atoms with van der Waals surface area (Å²) in [6.07, 6.45) is 0. The largest absolute Gasteiger partial charge is 0.497 e. The first-order valence-corrected chi connectivity index (χ1v) is 13.3. The molecule has 0 spiro atoms. The van der Waals surface area contributed by atoms with Crippen molar-refractivity contribution in [2.24, 2.45) is 0 Å². The Bertz CT molecular complexity index is 1510. The minimum absolute atomic E-state index is 0.0884. The van der Waals surface area contributed by atoms with Gasteiger partial charge in [0.05, 0.1) is 48.2 Å². The fraction of sp³-hybridized carbons (Fsp3) is 0.167. The Labute approximate surface area is 236 Å². The van der Waals surface area contributed by atoms with Crippen molar-refractivity contribution in [3.63, 3.8) is 0 Å². The first-order chi connectivity index (χ1) is 18.9. The highest BCUT2D eigenvalue weighted by molar-refractivity contribution is 8.03. The number of anilines is 1. The number of allylic oxidation sites excluding steroid dienone is 2. The summed E-state index contributed by atoms with van der Waals surface area (Å²) in [4.78, 5) is 26.6. The van der Waals surface area contributed by atoms with Gasteiger partial charge in [0.15, 0.2) is 5.78 Å². The molecule has 0 fully saturated rings. The predicted molar refractivity (Wildman–Crippen MR) is 154 cm³/mol. The van der Waals surface area contributed by atoms with Crippen LogP contribution in [0.1, 0.15) is 28.8 Å². The number of halogens is 1. The number of nitriles is 1. The van der Waals surface area contributed by atoms with Crippen molar-refractivity contribution in [3.05, 3.63) is 111 Å². The van der Waals surface area contributed by atoms with Crippen molar-refractivity contribution in [2.75, 3.05) is 25.3 Å². The number of para-hydroxylation sites is 2. The van der Waals surface area contributed by atoms with E-state index in [2.05, 4.69) is 16.7 Å². The number of dihydropyridines is 1. The average Bonchev–Trinajstić information content (AvgIpc) is 2.96. The Morgan fingerprint density at radius 1 is 1.03 bits per heavy atom. The lowest BCUT2D eigenvalue weighted by Gasteiger charge is -2.30. The van der Waals surface area contributed by atoms with E-state index in [9.17, 15) is 14.9 Å². The molecule has 3 aromatic rings. The van der Waals surface area contributed by atoms with E-state index in [1.54, 1.807) is 80.8 Å². The number of hydrogen-bond acceptors (Lipinski definition) is 7. The van der Waals surface area contributed by atoms with Gasteiger partial charge in [-0.15, -0.1) is 0 Å². The molecule has 0 aliphatic carbocycles. The Kier molecular flexibility index (Phi) is 8.97. The summed E-state index contributed by atoms with van der Waals surface area (Å²) in [5.41, 5.74) is 2.83. The van der Waals surface area contributed by atoms with E-state index in [4.69, 9.17) is 21.1 Å². The smallest absolute Gasteiger partial charge is 0.254 e. The third-order valence-corrected chi connectivity index (χ3v) is 7.58. The molecule has 0 saturated carbocycles. The molecule has 1 aliphatic heterocycles. The molecule has 1 heterocycles. The van der Waals surface area contributed by atoms with Gasteiger partial charge in [-0.2, -0.15) is 5.26 Å². The first kappa shape index (κ1) is 27.8. The molecule has 9 heteroatoms. The second-order valence-electron chi connectivity index (χ2n) is 8.57. The summed E-state index contributed by atoms with van der Waals surface area (Å²) in [6.45, 7) is 1.76. The molecule has 0 aromatic heterocycles. The second kappa shape index (κ2) is 12.6. The van der Waals surface area contributed by atoms with E-state index in [1.165, 1.54) is 18.9 Å². The molecule has 0 bridgehead atoms. The molecule has 3 aromatic carbocycles. The van der Waals surface area contributed by atoms with Crippen LogP contribution < -0.4 is 20.1 Å². The predicted octanol–water partition coefficient (Wildman–Crippen LogP) is 6.31. The molecular weight excluding hydrogens is 534 g/mol. The summed E-state index contributed by atoms with van der Waals surface area (Å²) in [5.74, 6) is -0.00877. The van der Waals surface area contributed by atoms with E-state index in [1.807, 2.05) is 6.07 Å². The first-order valence-electron chi connectivity index (χ1n) is 12.0. The molecule has 4 rings (SSSR count). The minimum atomic E-state index is -0.752. The topological polar surface area (TPSA) is 100 Å². The van der Waals surface area contributed by atoms with Crippen LogP contribution in [0.5, 0.6) is 11.5 Å². The third-order valence-electron chi connectivity index (χ3n) is 6.22. The number of benzene rings is 3. The number of rotatable bonds is 9. The Morgan fingerprint density at radius 3 is 2.38 bits per heavy atom. The van der Waals surface area contributed by atoms with Crippen LogP contribution in [0.15, 0.2) is 94.7 Å². The summed E-state index contributed by atoms with van der Waals surface area (Å²) in [6, 6.07) is 23.3. The normalized spacial score (nSPS) is 14.8. The molecular formula is C30H26ClN3O4S. The number of nitrogens with zero attached hydrogens (tertiary/aromatic N) is 1. The van der Waals surface area contributed by atoms with E-state index in [0.29, 0.717) is 55.2 Å². The molecule has 198 valence electrons. The highest BCUT2D eigenvalue weighted by atomic mass is 35.5. The van der Waals surface area contributed by atoms with Gasteiger partial charge in [0.2, 0.25) is 0 Å². The van der Waals surface area contributed by atoms with Gasteiger partial charge >= 0.3 is 0 Å². The summed E-state index contributed by atoms with van der Waals surface area (Å²) >= 11 is 7.80. The number of amides is 1. The SMILES string of the molecule is COc1ccc(C(=O)CSC2=C(C#N)[C@H](c3ccccc3Cl)C(C(=O)Nc3ccccc3OC)=C(C)N2)cc1. The zero-order chi connectivity index (χ0) is 27.9. The van der Waals surface area contributed by atoms with Crippen LogP contribution >= 0.6 is 23.4 Å². The average molecular weight is 560 g/mol. The van der Waals surface area contributed by atoms with Crippen LogP contribution in [0, 0.1) is 11.3 Å². The summed E-state index contributed by atoms with van der Waals surface area (Å²) in [5, 5.41) is 17.3. The lowest BCUT2D eigenvalue weighted by molar-refractivity contribution is -0.113. The molecule has 0 unspecified atom stereocenters. The maximum Gasteiger partial charge on any atom is 0.254 e. The van der Waals surface area contributed by atoms with Crippen molar-refractivity contribution >= 4 is 40.7 Å². The van der Waals surface area contributed by atoms with Gasteiger partial charge in [-0.1, -0.05) is 53.7 Å². The fourth-order valence-electron chi connectivity index (χ4n) is 4.28. The zero-order valence-corrected chi connectivity index (χ0v) is 23.2. The maximum absolute atomic E-state index is 13.7. The highest BCUT2D eigenvalue weighted by Gasteiger charge is 2.36. The molecule has 7 nitrogen and oxygen atoms in total. The van der Waals surface area contributed by atoms with Gasteiger partial charge in [0, 0.05) is 21.9 Å². The number of ketones is 1. The molecule has 0 radical (unpaired) electrons. The standard InChI is InChI=1S/C30H26ClN3O4S/c1-18-27(29(36)34-24-10-6-7-11-26(24)38-3)28(21-8-4-5-9-23(21)31)22(16-32)30(33-18)39-17-25(35)19-12-14-20(37-2)15-13-19/h4-15,28,33H,17H2,1-3H3,(H,34,36)/t28-/m0/s1. The van der Waals surface area contributed by atoms with Gasteiger partial charge in [0.1, 0.15) is 11.5 Å². The molecule has 2 N–H and O–H groups in total. The molecule has 1 amide bonds. The fourth-order valence-corrected chi connectivity index (χ4v) is 5.51. The number of ether oxygens (including phenoxy) is 2. The number of methoxy groups -OCH3 is 2. The van der Waals surface area contributed by atoms with E-state index in [0.717, 1.165) is 0 Å². The zero-order valence-electron chi connectivity index (χ0n) is 21.6. The van der Waals surface area contributed by atoms with Crippen molar-refractivity contribution in [2.45, 2.75) is 12.8 Å². The Hall–Kier alpha value is -4.19. The van der Waals surface area contributed by atoms with Crippen molar-refractivity contribution < 1.29 is 19.1 Å². The van der Waals surface area contributed by atoms with Crippen molar-refractivity contribution in [1.82, 2.24) is 5.32 Å². The van der Waals surface area contributed by atoms with Gasteiger partial charge in [-0.25, -0.2) is 0 Å². The lowest BCUT2D eigenvalue weighted by Crippen LogP contribution is -2.31. The molecule has 0 saturated heterocycles. The van der Waals surface area contributed by atoms with Crippen molar-refractivity contribution in [3.8, 4) is 17.6 Å². The molecule has 39 heavy (non-hydrogen) atoms.